The first-order valence-electron chi connectivity index (χ1n) is 6.94. The van der Waals surface area contributed by atoms with Crippen molar-refractivity contribution in [3.05, 3.63) is 0 Å². The summed E-state index contributed by atoms with van der Waals surface area (Å²) in [5, 5.41) is 4.21. The van der Waals surface area contributed by atoms with Crippen LogP contribution in [0.2, 0.25) is 0 Å². The SMILES string of the molecule is CC(C)C(=NOCCN1CCS(=O)(=O)CC1)C(C)C. The van der Waals surface area contributed by atoms with Crippen molar-refractivity contribution in [3.63, 3.8) is 0 Å². The molecule has 0 unspecified atom stereocenters. The molecule has 112 valence electrons. The molecule has 1 saturated heterocycles. The molecule has 1 aliphatic heterocycles. The third-order valence-electron chi connectivity index (χ3n) is 3.29. The van der Waals surface area contributed by atoms with Gasteiger partial charge in [0.1, 0.15) is 6.61 Å². The van der Waals surface area contributed by atoms with E-state index in [1.54, 1.807) is 0 Å². The van der Waals surface area contributed by atoms with E-state index < -0.39 is 9.84 Å². The zero-order valence-electron chi connectivity index (χ0n) is 12.4. The van der Waals surface area contributed by atoms with Gasteiger partial charge in [0.05, 0.1) is 17.2 Å². The van der Waals surface area contributed by atoms with Gasteiger partial charge in [0.2, 0.25) is 0 Å². The molecule has 0 aromatic rings. The fourth-order valence-corrected chi connectivity index (χ4v) is 3.42. The highest BCUT2D eigenvalue weighted by Gasteiger charge is 2.21. The van der Waals surface area contributed by atoms with Crippen LogP contribution >= 0.6 is 0 Å². The van der Waals surface area contributed by atoms with Crippen molar-refractivity contribution >= 4 is 15.5 Å². The molecule has 0 atom stereocenters. The second kappa shape index (κ2) is 7.24. The highest BCUT2D eigenvalue weighted by Crippen LogP contribution is 2.08. The van der Waals surface area contributed by atoms with Crippen LogP contribution in [0.3, 0.4) is 0 Å². The smallest absolute Gasteiger partial charge is 0.152 e. The number of hydrogen-bond acceptors (Lipinski definition) is 5. The van der Waals surface area contributed by atoms with Crippen molar-refractivity contribution < 1.29 is 13.3 Å². The van der Waals surface area contributed by atoms with Crippen molar-refractivity contribution in [3.8, 4) is 0 Å². The number of nitrogens with zero attached hydrogens (tertiary/aromatic N) is 2. The lowest BCUT2D eigenvalue weighted by Crippen LogP contribution is -2.41. The largest absolute Gasteiger partial charge is 0.394 e. The Hall–Kier alpha value is -0.620. The average molecular weight is 290 g/mol. The molecule has 0 saturated carbocycles. The Balaban J connectivity index is 2.29. The van der Waals surface area contributed by atoms with Crippen molar-refractivity contribution in [2.75, 3.05) is 37.7 Å². The number of oxime groups is 1. The fourth-order valence-electron chi connectivity index (χ4n) is 2.14. The van der Waals surface area contributed by atoms with Crippen molar-refractivity contribution in [1.82, 2.24) is 4.90 Å². The van der Waals surface area contributed by atoms with E-state index in [2.05, 4.69) is 37.8 Å². The fraction of sp³-hybridized carbons (Fsp3) is 0.923. The van der Waals surface area contributed by atoms with Crippen molar-refractivity contribution in [2.24, 2.45) is 17.0 Å². The van der Waals surface area contributed by atoms with Crippen molar-refractivity contribution in [1.29, 1.82) is 0 Å². The van der Waals surface area contributed by atoms with Gasteiger partial charge in [-0.05, 0) is 11.8 Å². The van der Waals surface area contributed by atoms with Gasteiger partial charge < -0.3 is 4.84 Å². The Morgan fingerprint density at radius 3 is 2.16 bits per heavy atom. The minimum Gasteiger partial charge on any atom is -0.394 e. The molecule has 19 heavy (non-hydrogen) atoms. The molecule has 0 amide bonds. The van der Waals surface area contributed by atoms with Gasteiger partial charge in [-0.1, -0.05) is 32.9 Å². The van der Waals surface area contributed by atoms with E-state index >= 15 is 0 Å². The predicted octanol–water partition coefficient (Wildman–Crippen LogP) is 1.40. The summed E-state index contributed by atoms with van der Waals surface area (Å²) in [5.41, 5.74) is 1.07. The van der Waals surface area contributed by atoms with Crippen LogP contribution in [0.15, 0.2) is 5.16 Å². The van der Waals surface area contributed by atoms with Crippen molar-refractivity contribution in [2.45, 2.75) is 27.7 Å². The molecule has 6 heteroatoms. The normalized spacial score (nSPS) is 19.7. The van der Waals surface area contributed by atoms with E-state index in [0.717, 1.165) is 12.3 Å². The lowest BCUT2D eigenvalue weighted by Gasteiger charge is -2.25. The monoisotopic (exact) mass is 290 g/mol. The number of sulfone groups is 1. The van der Waals surface area contributed by atoms with E-state index in [1.165, 1.54) is 0 Å². The van der Waals surface area contributed by atoms with E-state index in [0.29, 0.717) is 31.5 Å². The van der Waals surface area contributed by atoms with Gasteiger partial charge in [-0.3, -0.25) is 4.90 Å². The van der Waals surface area contributed by atoms with E-state index in [-0.39, 0.29) is 11.5 Å². The van der Waals surface area contributed by atoms with Gasteiger partial charge in [0.25, 0.3) is 0 Å². The summed E-state index contributed by atoms with van der Waals surface area (Å²) < 4.78 is 22.6. The maximum absolute atomic E-state index is 11.3. The number of rotatable bonds is 6. The predicted molar refractivity (Wildman–Crippen MR) is 78.2 cm³/mol. The van der Waals surface area contributed by atoms with Crippen LogP contribution in [-0.2, 0) is 14.7 Å². The molecule has 1 aliphatic rings. The van der Waals surface area contributed by atoms with Crippen LogP contribution in [0.1, 0.15) is 27.7 Å². The lowest BCUT2D eigenvalue weighted by molar-refractivity contribution is 0.111. The molecule has 0 spiro atoms. The average Bonchev–Trinajstić information content (AvgIpc) is 2.29. The summed E-state index contributed by atoms with van der Waals surface area (Å²) in [4.78, 5) is 7.48. The first kappa shape index (κ1) is 16.4. The molecule has 0 radical (unpaired) electrons. The zero-order chi connectivity index (χ0) is 14.5. The summed E-state index contributed by atoms with van der Waals surface area (Å²) in [5.74, 6) is 1.30. The Morgan fingerprint density at radius 2 is 1.68 bits per heavy atom. The minimum absolute atomic E-state index is 0.263. The molecule has 0 aromatic carbocycles. The lowest BCUT2D eigenvalue weighted by atomic mass is 9.98. The van der Waals surface area contributed by atoms with Crippen LogP contribution in [0.4, 0.5) is 0 Å². The van der Waals surface area contributed by atoms with Gasteiger partial charge in [-0.2, -0.15) is 0 Å². The molecule has 1 fully saturated rings. The first-order chi connectivity index (χ1) is 8.82. The van der Waals surface area contributed by atoms with Crippen LogP contribution in [0.5, 0.6) is 0 Å². The van der Waals surface area contributed by atoms with Gasteiger partial charge in [-0.15, -0.1) is 0 Å². The highest BCUT2D eigenvalue weighted by molar-refractivity contribution is 7.91. The summed E-state index contributed by atoms with van der Waals surface area (Å²) in [7, 11) is -2.79. The standard InChI is InChI=1S/C13H26N2O3S/c1-11(2)13(12(3)4)14-18-8-5-15-6-9-19(16,17)10-7-15/h11-12H,5-10H2,1-4H3. The van der Waals surface area contributed by atoms with Crippen LogP contribution < -0.4 is 0 Å². The minimum atomic E-state index is -2.79. The summed E-state index contributed by atoms with van der Waals surface area (Å²) >= 11 is 0. The number of hydrogen-bond donors (Lipinski definition) is 0. The molecule has 0 aromatic heterocycles. The first-order valence-corrected chi connectivity index (χ1v) is 8.76. The topological polar surface area (TPSA) is 59.0 Å². The molecular formula is C13H26N2O3S. The second-order valence-electron chi connectivity index (χ2n) is 5.65. The summed E-state index contributed by atoms with van der Waals surface area (Å²) in [6.07, 6.45) is 0. The molecule has 0 N–H and O–H groups in total. The zero-order valence-corrected chi connectivity index (χ0v) is 13.2. The van der Waals surface area contributed by atoms with E-state index in [4.69, 9.17) is 4.84 Å². The molecule has 1 rings (SSSR count). The quantitative estimate of drug-likeness (QED) is 0.421. The maximum atomic E-state index is 11.3. The molecular weight excluding hydrogens is 264 g/mol. The van der Waals surface area contributed by atoms with Crippen LogP contribution in [-0.4, -0.2) is 56.8 Å². The third-order valence-corrected chi connectivity index (χ3v) is 4.90. The molecule has 5 nitrogen and oxygen atoms in total. The van der Waals surface area contributed by atoms with Gasteiger partial charge in [-0.25, -0.2) is 8.42 Å². The van der Waals surface area contributed by atoms with E-state index in [9.17, 15) is 8.42 Å². The second-order valence-corrected chi connectivity index (χ2v) is 7.96. The van der Waals surface area contributed by atoms with Crippen LogP contribution in [0.25, 0.3) is 0 Å². The molecule has 0 aliphatic carbocycles. The Labute approximate surface area is 116 Å². The third kappa shape index (κ3) is 5.91. The maximum Gasteiger partial charge on any atom is 0.152 e. The summed E-state index contributed by atoms with van der Waals surface area (Å²) in [6, 6.07) is 0. The van der Waals surface area contributed by atoms with Gasteiger partial charge >= 0.3 is 0 Å². The molecule has 1 heterocycles. The highest BCUT2D eigenvalue weighted by atomic mass is 32.2. The summed E-state index contributed by atoms with van der Waals surface area (Å²) in [6.45, 7) is 10.9. The Bertz CT molecular complexity index is 378. The van der Waals surface area contributed by atoms with Gasteiger partial charge in [0, 0.05) is 19.6 Å². The Morgan fingerprint density at radius 1 is 1.16 bits per heavy atom. The van der Waals surface area contributed by atoms with Crippen LogP contribution in [0, 0.1) is 11.8 Å². The van der Waals surface area contributed by atoms with E-state index in [1.807, 2.05) is 0 Å². The molecule has 0 bridgehead atoms. The Kier molecular flexibility index (Phi) is 6.26. The van der Waals surface area contributed by atoms with Gasteiger partial charge in [0.15, 0.2) is 9.84 Å².